The molecule has 0 N–H and O–H groups in total. The fourth-order valence-corrected chi connectivity index (χ4v) is 0.966. The second kappa shape index (κ2) is 7.35. The summed E-state index contributed by atoms with van der Waals surface area (Å²) in [6.07, 6.45) is -0.248. The average molecular weight is 192 g/mol. The van der Waals surface area contributed by atoms with Gasteiger partial charge in [0.25, 0.3) is 0 Å². The topological polar surface area (TPSA) is 42.2 Å². The molecule has 4 heteroatoms. The lowest BCUT2D eigenvalue weighted by molar-refractivity contribution is -0.144. The van der Waals surface area contributed by atoms with Gasteiger partial charge in [0, 0.05) is 18.9 Å². The van der Waals surface area contributed by atoms with Crippen LogP contribution < -0.4 is 0 Å². The molecule has 0 aliphatic heterocycles. The highest BCUT2D eigenvalue weighted by atomic mass is 35.5. The SMILES string of the molecule is CCOC(C)OC(C#N)CCCl. The maximum atomic E-state index is 8.59. The summed E-state index contributed by atoms with van der Waals surface area (Å²) in [7, 11) is 0. The van der Waals surface area contributed by atoms with Gasteiger partial charge in [0.05, 0.1) is 6.07 Å². The first-order valence-corrected chi connectivity index (χ1v) is 4.50. The standard InChI is InChI=1S/C8H14ClNO2/c1-3-11-7(2)12-8(6-10)4-5-9/h7-8H,3-5H2,1-2H3. The van der Waals surface area contributed by atoms with Gasteiger partial charge >= 0.3 is 0 Å². The predicted molar refractivity (Wildman–Crippen MR) is 46.9 cm³/mol. The highest BCUT2D eigenvalue weighted by Crippen LogP contribution is 2.04. The van der Waals surface area contributed by atoms with E-state index in [1.807, 2.05) is 13.0 Å². The third-order valence-corrected chi connectivity index (χ3v) is 1.49. The van der Waals surface area contributed by atoms with E-state index >= 15 is 0 Å². The van der Waals surface area contributed by atoms with E-state index in [0.29, 0.717) is 18.9 Å². The zero-order chi connectivity index (χ0) is 9.40. The molecule has 0 heterocycles. The van der Waals surface area contributed by atoms with Crippen LogP contribution in [0.2, 0.25) is 0 Å². The molecule has 0 aromatic carbocycles. The van der Waals surface area contributed by atoms with Crippen molar-refractivity contribution >= 4 is 11.6 Å². The van der Waals surface area contributed by atoms with Crippen molar-refractivity contribution in [2.24, 2.45) is 0 Å². The lowest BCUT2D eigenvalue weighted by Crippen LogP contribution is -2.21. The molecule has 0 rings (SSSR count). The fourth-order valence-electron chi connectivity index (χ4n) is 0.767. The van der Waals surface area contributed by atoms with Crippen molar-refractivity contribution in [3.05, 3.63) is 0 Å². The Labute approximate surface area is 78.2 Å². The van der Waals surface area contributed by atoms with E-state index in [4.69, 9.17) is 26.3 Å². The summed E-state index contributed by atoms with van der Waals surface area (Å²) in [6, 6.07) is 2.01. The normalized spacial score (nSPS) is 15.2. The summed E-state index contributed by atoms with van der Waals surface area (Å²) in [4.78, 5) is 0. The van der Waals surface area contributed by atoms with E-state index in [1.165, 1.54) is 0 Å². The Kier molecular flexibility index (Phi) is 7.17. The molecular formula is C8H14ClNO2. The first-order valence-electron chi connectivity index (χ1n) is 3.97. The number of nitrogens with zero attached hydrogens (tertiary/aromatic N) is 1. The molecule has 2 unspecified atom stereocenters. The molecule has 70 valence electrons. The van der Waals surface area contributed by atoms with Crippen LogP contribution in [0.1, 0.15) is 20.3 Å². The highest BCUT2D eigenvalue weighted by Gasteiger charge is 2.11. The van der Waals surface area contributed by atoms with E-state index in [-0.39, 0.29) is 6.29 Å². The number of halogens is 1. The average Bonchev–Trinajstić information content (AvgIpc) is 2.04. The number of nitriles is 1. The van der Waals surface area contributed by atoms with Gasteiger partial charge in [-0.1, -0.05) is 0 Å². The lowest BCUT2D eigenvalue weighted by Gasteiger charge is -2.15. The largest absolute Gasteiger partial charge is 0.353 e. The van der Waals surface area contributed by atoms with E-state index in [1.54, 1.807) is 6.92 Å². The molecule has 0 saturated carbocycles. The maximum Gasteiger partial charge on any atom is 0.156 e. The Hall–Kier alpha value is -0.300. The van der Waals surface area contributed by atoms with Gasteiger partial charge in [-0.2, -0.15) is 5.26 Å². The van der Waals surface area contributed by atoms with E-state index in [9.17, 15) is 0 Å². The second-order valence-electron chi connectivity index (χ2n) is 2.25. The van der Waals surface area contributed by atoms with Crippen molar-refractivity contribution in [2.45, 2.75) is 32.7 Å². The van der Waals surface area contributed by atoms with Gasteiger partial charge in [-0.05, 0) is 13.8 Å². The number of ether oxygens (including phenoxy) is 2. The monoisotopic (exact) mass is 191 g/mol. The Morgan fingerprint density at radius 3 is 2.67 bits per heavy atom. The minimum absolute atomic E-state index is 0.331. The maximum absolute atomic E-state index is 8.59. The Morgan fingerprint density at radius 1 is 1.58 bits per heavy atom. The van der Waals surface area contributed by atoms with Gasteiger partial charge in [-0.3, -0.25) is 0 Å². The summed E-state index contributed by atoms with van der Waals surface area (Å²) < 4.78 is 10.3. The summed E-state index contributed by atoms with van der Waals surface area (Å²) >= 11 is 5.46. The van der Waals surface area contributed by atoms with Crippen LogP contribution in [0.4, 0.5) is 0 Å². The van der Waals surface area contributed by atoms with Crippen LogP contribution in [-0.2, 0) is 9.47 Å². The lowest BCUT2D eigenvalue weighted by atomic mass is 10.3. The molecule has 0 saturated heterocycles. The van der Waals surface area contributed by atoms with Gasteiger partial charge in [-0.25, -0.2) is 0 Å². The molecule has 0 radical (unpaired) electrons. The Morgan fingerprint density at radius 2 is 2.25 bits per heavy atom. The molecule has 0 bridgehead atoms. The third-order valence-electron chi connectivity index (χ3n) is 1.27. The molecule has 0 aromatic rings. The van der Waals surface area contributed by atoms with Crippen molar-refractivity contribution < 1.29 is 9.47 Å². The number of hydrogen-bond acceptors (Lipinski definition) is 3. The molecule has 0 aliphatic rings. The summed E-state index contributed by atoms with van der Waals surface area (Å²) in [6.45, 7) is 4.23. The molecule has 0 spiro atoms. The van der Waals surface area contributed by atoms with Crippen LogP contribution in [0.25, 0.3) is 0 Å². The number of rotatable bonds is 6. The zero-order valence-corrected chi connectivity index (χ0v) is 8.17. The molecule has 0 aromatic heterocycles. The number of hydrogen-bond donors (Lipinski definition) is 0. The molecule has 3 nitrogen and oxygen atoms in total. The van der Waals surface area contributed by atoms with Crippen molar-refractivity contribution in [3.63, 3.8) is 0 Å². The van der Waals surface area contributed by atoms with Crippen LogP contribution in [0.15, 0.2) is 0 Å². The molecule has 0 aliphatic carbocycles. The predicted octanol–water partition coefficient (Wildman–Crippen LogP) is 1.91. The van der Waals surface area contributed by atoms with Crippen LogP contribution in [-0.4, -0.2) is 24.9 Å². The summed E-state index contributed by atoms with van der Waals surface area (Å²) in [5.74, 6) is 0.428. The van der Waals surface area contributed by atoms with Gasteiger partial charge in [0.15, 0.2) is 6.29 Å². The quantitative estimate of drug-likeness (QED) is 0.476. The zero-order valence-electron chi connectivity index (χ0n) is 7.42. The molecule has 0 fully saturated rings. The van der Waals surface area contributed by atoms with Gasteiger partial charge in [0.1, 0.15) is 6.10 Å². The van der Waals surface area contributed by atoms with Crippen LogP contribution in [0.5, 0.6) is 0 Å². The van der Waals surface area contributed by atoms with Crippen molar-refractivity contribution in [1.82, 2.24) is 0 Å². The molecule has 2 atom stereocenters. The van der Waals surface area contributed by atoms with Crippen LogP contribution in [0.3, 0.4) is 0 Å². The van der Waals surface area contributed by atoms with E-state index < -0.39 is 6.10 Å². The summed E-state index contributed by atoms with van der Waals surface area (Å²) in [5, 5.41) is 8.59. The van der Waals surface area contributed by atoms with E-state index in [0.717, 1.165) is 0 Å². The third kappa shape index (κ3) is 5.36. The van der Waals surface area contributed by atoms with E-state index in [2.05, 4.69) is 0 Å². The smallest absolute Gasteiger partial charge is 0.156 e. The fraction of sp³-hybridized carbons (Fsp3) is 0.875. The molecule has 12 heavy (non-hydrogen) atoms. The number of alkyl halides is 1. The first kappa shape index (κ1) is 11.7. The highest BCUT2D eigenvalue weighted by molar-refractivity contribution is 6.17. The summed E-state index contributed by atoms with van der Waals surface area (Å²) in [5.41, 5.74) is 0. The van der Waals surface area contributed by atoms with Crippen LogP contribution >= 0.6 is 11.6 Å². The van der Waals surface area contributed by atoms with Gasteiger partial charge < -0.3 is 9.47 Å². The molecular weight excluding hydrogens is 178 g/mol. The molecule has 0 amide bonds. The van der Waals surface area contributed by atoms with Gasteiger partial charge in [0.2, 0.25) is 0 Å². The van der Waals surface area contributed by atoms with Crippen LogP contribution in [0, 0.1) is 11.3 Å². The minimum atomic E-state index is -0.455. The van der Waals surface area contributed by atoms with Crippen molar-refractivity contribution in [3.8, 4) is 6.07 Å². The Balaban J connectivity index is 3.63. The Bertz CT molecular complexity index is 146. The van der Waals surface area contributed by atoms with Crippen molar-refractivity contribution in [2.75, 3.05) is 12.5 Å². The van der Waals surface area contributed by atoms with Gasteiger partial charge in [-0.15, -0.1) is 11.6 Å². The minimum Gasteiger partial charge on any atom is -0.353 e. The van der Waals surface area contributed by atoms with Crippen molar-refractivity contribution in [1.29, 1.82) is 5.26 Å². The second-order valence-corrected chi connectivity index (χ2v) is 2.63. The first-order chi connectivity index (χ1) is 5.74.